The van der Waals surface area contributed by atoms with E-state index in [-0.39, 0.29) is 0 Å². The maximum atomic E-state index is 9.45. The molecule has 0 amide bonds. The normalized spacial score (nSPS) is 14.0. The molecule has 0 atom stereocenters. The first-order valence-corrected chi connectivity index (χ1v) is 8.66. The average Bonchev–Trinajstić information content (AvgIpc) is 3.30. The van der Waals surface area contributed by atoms with Crippen molar-refractivity contribution in [2.24, 2.45) is 4.99 Å². The highest BCUT2D eigenvalue weighted by Crippen LogP contribution is 2.45. The quantitative estimate of drug-likeness (QED) is 0.593. The number of hydrogen-bond donors (Lipinski definition) is 0. The van der Waals surface area contributed by atoms with Crippen LogP contribution in [0.5, 0.6) is 10.8 Å². The molecule has 1 aromatic carbocycles. The Morgan fingerprint density at radius 3 is 2.71 bits per heavy atom. The molecule has 3 rings (SSSR count). The number of rotatable bonds is 5. The second kappa shape index (κ2) is 6.62. The Labute approximate surface area is 146 Å². The van der Waals surface area contributed by atoms with Crippen LogP contribution < -0.4 is 4.74 Å². The maximum Gasteiger partial charge on any atom is 0.218 e. The van der Waals surface area contributed by atoms with E-state index in [1.807, 2.05) is 45.0 Å². The van der Waals surface area contributed by atoms with E-state index < -0.39 is 0 Å². The Morgan fingerprint density at radius 2 is 2.08 bits per heavy atom. The lowest BCUT2D eigenvalue weighted by Gasteiger charge is -2.11. The number of nitriles is 1. The van der Waals surface area contributed by atoms with Gasteiger partial charge in [-0.1, -0.05) is 0 Å². The maximum absolute atomic E-state index is 9.45. The zero-order chi connectivity index (χ0) is 17.3. The standard InChI is InChI=1S/C18H20N4OS/c1-11-8-16(12(2)7-15(11)20-10-22(3)4)23-18-14(9-19)17(21-24-18)13-5-6-13/h7-8,10,13H,5-6H2,1-4H3/b20-10-. The van der Waals surface area contributed by atoms with Crippen LogP contribution in [-0.4, -0.2) is 29.7 Å². The number of benzene rings is 1. The molecule has 0 bridgehead atoms. The summed E-state index contributed by atoms with van der Waals surface area (Å²) in [6.07, 6.45) is 4.02. The predicted molar refractivity (Wildman–Crippen MR) is 96.6 cm³/mol. The monoisotopic (exact) mass is 340 g/mol. The third-order valence-electron chi connectivity index (χ3n) is 3.89. The Balaban J connectivity index is 1.88. The first kappa shape index (κ1) is 16.5. The second-order valence-corrected chi connectivity index (χ2v) is 7.07. The molecular formula is C18H20N4OS. The van der Waals surface area contributed by atoms with Crippen LogP contribution in [0.4, 0.5) is 5.69 Å². The van der Waals surface area contributed by atoms with E-state index in [0.29, 0.717) is 16.5 Å². The summed E-state index contributed by atoms with van der Waals surface area (Å²) < 4.78 is 10.5. The number of nitrogens with zero attached hydrogens (tertiary/aromatic N) is 4. The van der Waals surface area contributed by atoms with E-state index in [1.54, 1.807) is 6.34 Å². The van der Waals surface area contributed by atoms with Crippen LogP contribution in [0.25, 0.3) is 0 Å². The molecule has 1 aliphatic rings. The summed E-state index contributed by atoms with van der Waals surface area (Å²) in [5.74, 6) is 1.19. The van der Waals surface area contributed by atoms with Gasteiger partial charge in [0.15, 0.2) is 0 Å². The van der Waals surface area contributed by atoms with Gasteiger partial charge in [-0.2, -0.15) is 9.64 Å². The summed E-state index contributed by atoms with van der Waals surface area (Å²) in [5, 5.41) is 10.0. The SMILES string of the molecule is Cc1cc(Oc2snc(C3CC3)c2C#N)c(C)cc1/N=C\N(C)C. The molecule has 1 heterocycles. The molecule has 0 aliphatic heterocycles. The molecule has 0 radical (unpaired) electrons. The van der Waals surface area contributed by atoms with Crippen LogP contribution >= 0.6 is 11.5 Å². The zero-order valence-electron chi connectivity index (χ0n) is 14.3. The largest absolute Gasteiger partial charge is 0.443 e. The van der Waals surface area contributed by atoms with Crippen molar-refractivity contribution in [3.05, 3.63) is 34.5 Å². The molecule has 2 aromatic rings. The zero-order valence-corrected chi connectivity index (χ0v) is 15.1. The van der Waals surface area contributed by atoms with Gasteiger partial charge in [0.25, 0.3) is 0 Å². The fourth-order valence-corrected chi connectivity index (χ4v) is 3.19. The van der Waals surface area contributed by atoms with Gasteiger partial charge in [0.2, 0.25) is 5.06 Å². The molecule has 6 heteroatoms. The summed E-state index contributed by atoms with van der Waals surface area (Å²) in [5.41, 5.74) is 4.42. The van der Waals surface area contributed by atoms with Gasteiger partial charge in [0.05, 0.1) is 17.7 Å². The van der Waals surface area contributed by atoms with Gasteiger partial charge in [-0.3, -0.25) is 0 Å². The Hall–Kier alpha value is -2.39. The first-order valence-electron chi connectivity index (χ1n) is 7.89. The molecule has 24 heavy (non-hydrogen) atoms. The first-order chi connectivity index (χ1) is 11.5. The van der Waals surface area contributed by atoms with Crippen LogP contribution in [0.2, 0.25) is 0 Å². The number of aryl methyl sites for hydroxylation is 2. The van der Waals surface area contributed by atoms with Crippen molar-refractivity contribution in [3.8, 4) is 16.9 Å². The molecule has 0 spiro atoms. The Morgan fingerprint density at radius 1 is 1.33 bits per heavy atom. The van der Waals surface area contributed by atoms with E-state index in [2.05, 4.69) is 15.4 Å². The summed E-state index contributed by atoms with van der Waals surface area (Å²) in [6.45, 7) is 3.99. The van der Waals surface area contributed by atoms with Gasteiger partial charge in [-0.15, -0.1) is 0 Å². The highest BCUT2D eigenvalue weighted by atomic mass is 32.1. The highest BCUT2D eigenvalue weighted by Gasteiger charge is 2.31. The summed E-state index contributed by atoms with van der Waals surface area (Å²) in [4.78, 5) is 6.36. The van der Waals surface area contributed by atoms with E-state index in [4.69, 9.17) is 4.74 Å². The lowest BCUT2D eigenvalue weighted by molar-refractivity contribution is 0.490. The Bertz CT molecular complexity index is 828. The summed E-state index contributed by atoms with van der Waals surface area (Å²) in [7, 11) is 3.88. The molecular weight excluding hydrogens is 320 g/mol. The van der Waals surface area contributed by atoms with Gasteiger partial charge in [0, 0.05) is 31.5 Å². The second-order valence-electron chi connectivity index (χ2n) is 6.33. The number of aromatic nitrogens is 1. The minimum atomic E-state index is 0.443. The third-order valence-corrected chi connectivity index (χ3v) is 4.63. The van der Waals surface area contributed by atoms with Gasteiger partial charge in [0.1, 0.15) is 17.4 Å². The smallest absolute Gasteiger partial charge is 0.218 e. The van der Waals surface area contributed by atoms with Crippen molar-refractivity contribution in [3.63, 3.8) is 0 Å². The van der Waals surface area contributed by atoms with Gasteiger partial charge in [-0.25, -0.2) is 4.99 Å². The van der Waals surface area contributed by atoms with E-state index >= 15 is 0 Å². The van der Waals surface area contributed by atoms with Crippen molar-refractivity contribution in [1.82, 2.24) is 9.27 Å². The average molecular weight is 340 g/mol. The van der Waals surface area contributed by atoms with Crippen LogP contribution in [-0.2, 0) is 0 Å². The minimum absolute atomic E-state index is 0.443. The fourth-order valence-electron chi connectivity index (χ4n) is 2.40. The molecule has 1 saturated carbocycles. The van der Waals surface area contributed by atoms with Crippen LogP contribution in [0.3, 0.4) is 0 Å². The predicted octanol–water partition coefficient (Wildman–Crippen LogP) is 4.52. The van der Waals surface area contributed by atoms with Crippen molar-refractivity contribution in [2.45, 2.75) is 32.6 Å². The topological polar surface area (TPSA) is 61.5 Å². The summed E-state index contributed by atoms with van der Waals surface area (Å²) in [6, 6.07) is 6.23. The number of hydrogen-bond acceptors (Lipinski definition) is 5. The van der Waals surface area contributed by atoms with Gasteiger partial charge in [-0.05, 0) is 49.9 Å². The van der Waals surface area contributed by atoms with Crippen molar-refractivity contribution >= 4 is 23.6 Å². The molecule has 0 unspecified atom stereocenters. The van der Waals surface area contributed by atoms with E-state index in [9.17, 15) is 5.26 Å². The van der Waals surface area contributed by atoms with Gasteiger partial charge < -0.3 is 9.64 Å². The van der Waals surface area contributed by atoms with Crippen molar-refractivity contribution in [2.75, 3.05) is 14.1 Å². The van der Waals surface area contributed by atoms with Crippen LogP contribution in [0.1, 0.15) is 41.1 Å². The highest BCUT2D eigenvalue weighted by molar-refractivity contribution is 7.08. The van der Waals surface area contributed by atoms with Crippen molar-refractivity contribution < 1.29 is 4.74 Å². The molecule has 1 aliphatic carbocycles. The molecule has 0 N–H and O–H groups in total. The number of ether oxygens (including phenoxy) is 1. The van der Waals surface area contributed by atoms with Crippen molar-refractivity contribution in [1.29, 1.82) is 5.26 Å². The van der Waals surface area contributed by atoms with E-state index in [1.165, 1.54) is 11.5 Å². The molecule has 0 saturated heterocycles. The van der Waals surface area contributed by atoms with Crippen LogP contribution in [0, 0.1) is 25.2 Å². The molecule has 1 fully saturated rings. The van der Waals surface area contributed by atoms with Crippen LogP contribution in [0.15, 0.2) is 17.1 Å². The summed E-state index contributed by atoms with van der Waals surface area (Å²) >= 11 is 1.27. The lowest BCUT2D eigenvalue weighted by Crippen LogP contribution is -2.07. The van der Waals surface area contributed by atoms with Gasteiger partial charge >= 0.3 is 0 Å². The lowest BCUT2D eigenvalue weighted by atomic mass is 10.1. The number of aliphatic imine (C=N–C) groups is 1. The third kappa shape index (κ3) is 3.41. The molecule has 124 valence electrons. The molecule has 1 aromatic heterocycles. The molecule has 5 nitrogen and oxygen atoms in total. The van der Waals surface area contributed by atoms with E-state index in [0.717, 1.165) is 41.1 Å². The fraction of sp³-hybridized carbons (Fsp3) is 0.389. The Kier molecular flexibility index (Phi) is 4.54. The minimum Gasteiger partial charge on any atom is -0.443 e.